The maximum atomic E-state index is 12.5. The van der Waals surface area contributed by atoms with Gasteiger partial charge in [-0.2, -0.15) is 0 Å². The SMILES string of the molecule is C[C@@H]1OCC2(CCN(c3cnc(Sc4ccnc(NC5CNC5)c4Cl)cn3)CC2)[C@@H]1NC(=O)OC(C)(C)C. The summed E-state index contributed by atoms with van der Waals surface area (Å²) in [5.41, 5.74) is -0.655. The molecule has 0 radical (unpaired) electrons. The molecule has 0 aliphatic carbocycles. The predicted octanol–water partition coefficient (Wildman–Crippen LogP) is 3.96. The van der Waals surface area contributed by atoms with Crippen molar-refractivity contribution in [3.8, 4) is 0 Å². The van der Waals surface area contributed by atoms with Gasteiger partial charge >= 0.3 is 6.09 Å². The van der Waals surface area contributed by atoms with Crippen LogP contribution in [0.5, 0.6) is 0 Å². The van der Waals surface area contributed by atoms with Crippen LogP contribution in [0.3, 0.4) is 0 Å². The molecule has 3 N–H and O–H groups in total. The Balaban J connectivity index is 1.19. The average molecular weight is 562 g/mol. The largest absolute Gasteiger partial charge is 0.444 e. The number of amides is 1. The number of nitrogens with one attached hydrogen (secondary N) is 3. The third-order valence-corrected chi connectivity index (χ3v) is 8.80. The van der Waals surface area contributed by atoms with E-state index in [1.807, 2.05) is 40.0 Å². The molecule has 0 saturated carbocycles. The highest BCUT2D eigenvalue weighted by Crippen LogP contribution is 2.43. The van der Waals surface area contributed by atoms with Crippen molar-refractivity contribution in [1.29, 1.82) is 0 Å². The van der Waals surface area contributed by atoms with Gasteiger partial charge in [0.25, 0.3) is 0 Å². The van der Waals surface area contributed by atoms with E-state index in [9.17, 15) is 4.79 Å². The summed E-state index contributed by atoms with van der Waals surface area (Å²) in [6.45, 7) is 11.7. The maximum absolute atomic E-state index is 12.5. The number of ether oxygens (including phenoxy) is 2. The molecule has 2 atom stereocenters. The standard InChI is InChI=1S/C26H36ClN7O3S/c1-16-22(33-24(35)37-25(2,3)4)26(15-36-16)6-9-34(10-7-26)19-13-31-20(14-30-19)38-18-5-8-29-23(21(18)27)32-17-11-28-12-17/h5,8,13-14,16-17,22,28H,6-7,9-12,15H2,1-4H3,(H,29,32)(H,33,35)/t16-,22+/m0/s1. The zero-order valence-corrected chi connectivity index (χ0v) is 23.9. The Labute approximate surface area is 233 Å². The molecule has 3 fully saturated rings. The highest BCUT2D eigenvalue weighted by atomic mass is 35.5. The van der Waals surface area contributed by atoms with E-state index in [0.29, 0.717) is 23.5 Å². The summed E-state index contributed by atoms with van der Waals surface area (Å²) in [6.07, 6.45) is 6.68. The number of rotatable bonds is 6. The van der Waals surface area contributed by atoms with Crippen LogP contribution < -0.4 is 20.9 Å². The molecule has 1 spiro atoms. The number of carbonyl (C=O) groups excluding carboxylic acids is 1. The summed E-state index contributed by atoms with van der Waals surface area (Å²) in [7, 11) is 0. The molecule has 0 aromatic carbocycles. The molecule has 5 heterocycles. The summed E-state index contributed by atoms with van der Waals surface area (Å²) in [6, 6.07) is 2.16. The molecule has 3 aliphatic rings. The number of piperidine rings is 1. The number of alkyl carbamates (subject to hydrolysis) is 1. The first kappa shape index (κ1) is 27.2. The van der Waals surface area contributed by atoms with E-state index in [4.69, 9.17) is 26.1 Å². The van der Waals surface area contributed by atoms with Crippen LogP contribution in [0.2, 0.25) is 5.02 Å². The molecule has 3 aliphatic heterocycles. The molecule has 1 amide bonds. The topological polar surface area (TPSA) is 114 Å². The Morgan fingerprint density at radius 2 is 2.00 bits per heavy atom. The monoisotopic (exact) mass is 561 g/mol. The predicted molar refractivity (Wildman–Crippen MR) is 148 cm³/mol. The van der Waals surface area contributed by atoms with E-state index in [-0.39, 0.29) is 17.6 Å². The van der Waals surface area contributed by atoms with Crippen molar-refractivity contribution in [1.82, 2.24) is 25.6 Å². The second-order valence-corrected chi connectivity index (χ2v) is 12.7. The lowest BCUT2D eigenvalue weighted by atomic mass is 9.73. The molecular formula is C26H36ClN7O3S. The summed E-state index contributed by atoms with van der Waals surface area (Å²) in [5.74, 6) is 1.54. The van der Waals surface area contributed by atoms with E-state index in [0.717, 1.165) is 54.8 Å². The summed E-state index contributed by atoms with van der Waals surface area (Å²) in [5, 5.41) is 11.1. The Kier molecular flexibility index (Phi) is 7.91. The molecule has 206 valence electrons. The molecule has 3 saturated heterocycles. The first-order valence-electron chi connectivity index (χ1n) is 13.1. The smallest absolute Gasteiger partial charge is 0.407 e. The van der Waals surface area contributed by atoms with Crippen LogP contribution in [0.15, 0.2) is 34.6 Å². The van der Waals surface area contributed by atoms with E-state index in [1.165, 1.54) is 11.8 Å². The van der Waals surface area contributed by atoms with Gasteiger partial charge in [-0.05, 0) is 46.6 Å². The quantitative estimate of drug-likeness (QED) is 0.479. The molecular weight excluding hydrogens is 526 g/mol. The molecule has 2 aromatic rings. The fourth-order valence-corrected chi connectivity index (χ4v) is 6.18. The van der Waals surface area contributed by atoms with Gasteiger partial charge in [0, 0.05) is 42.7 Å². The number of pyridine rings is 1. The lowest BCUT2D eigenvalue weighted by molar-refractivity contribution is 0.0434. The molecule has 38 heavy (non-hydrogen) atoms. The van der Waals surface area contributed by atoms with Crippen LogP contribution in [-0.4, -0.2) is 77.6 Å². The number of nitrogens with zero attached hydrogens (tertiary/aromatic N) is 4. The van der Waals surface area contributed by atoms with E-state index in [1.54, 1.807) is 12.4 Å². The minimum Gasteiger partial charge on any atom is -0.444 e. The second-order valence-electron chi connectivity index (χ2n) is 11.3. The van der Waals surface area contributed by atoms with Gasteiger partial charge in [0.05, 0.1) is 42.2 Å². The van der Waals surface area contributed by atoms with Crippen molar-refractivity contribution in [2.75, 3.05) is 43.0 Å². The second kappa shape index (κ2) is 11.0. The lowest BCUT2D eigenvalue weighted by Crippen LogP contribution is -2.55. The highest BCUT2D eigenvalue weighted by molar-refractivity contribution is 7.99. The molecule has 10 nitrogen and oxygen atoms in total. The van der Waals surface area contributed by atoms with Gasteiger partial charge in [-0.1, -0.05) is 23.4 Å². The van der Waals surface area contributed by atoms with Crippen molar-refractivity contribution >= 4 is 41.1 Å². The number of aromatic nitrogens is 3. The minimum atomic E-state index is -0.540. The zero-order chi connectivity index (χ0) is 26.9. The first-order chi connectivity index (χ1) is 18.1. The van der Waals surface area contributed by atoms with Crippen molar-refractivity contribution in [3.63, 3.8) is 0 Å². The Morgan fingerprint density at radius 3 is 2.63 bits per heavy atom. The van der Waals surface area contributed by atoms with Crippen molar-refractivity contribution in [2.45, 2.75) is 74.2 Å². The molecule has 2 aromatic heterocycles. The van der Waals surface area contributed by atoms with E-state index < -0.39 is 11.7 Å². The fourth-order valence-electron chi connectivity index (χ4n) is 5.15. The van der Waals surface area contributed by atoms with Gasteiger partial charge in [0.1, 0.15) is 22.3 Å². The van der Waals surface area contributed by atoms with Crippen LogP contribution in [0.1, 0.15) is 40.5 Å². The Bertz CT molecular complexity index is 1130. The maximum Gasteiger partial charge on any atom is 0.407 e. The first-order valence-corrected chi connectivity index (χ1v) is 14.3. The van der Waals surface area contributed by atoms with Gasteiger partial charge in [-0.3, -0.25) is 0 Å². The number of anilines is 2. The third kappa shape index (κ3) is 6.11. The van der Waals surface area contributed by atoms with E-state index >= 15 is 0 Å². The van der Waals surface area contributed by atoms with Gasteiger partial charge in [0.2, 0.25) is 0 Å². The van der Waals surface area contributed by atoms with Gasteiger partial charge in [-0.15, -0.1) is 0 Å². The summed E-state index contributed by atoms with van der Waals surface area (Å²) < 4.78 is 11.5. The lowest BCUT2D eigenvalue weighted by Gasteiger charge is -2.42. The number of hydrogen-bond donors (Lipinski definition) is 3. The Hall–Kier alpha value is -2.34. The van der Waals surface area contributed by atoms with Crippen LogP contribution in [-0.2, 0) is 9.47 Å². The van der Waals surface area contributed by atoms with Gasteiger partial charge < -0.3 is 30.3 Å². The number of halogens is 1. The van der Waals surface area contributed by atoms with Crippen molar-refractivity contribution in [2.24, 2.45) is 5.41 Å². The molecule has 5 rings (SSSR count). The minimum absolute atomic E-state index is 0.0636. The zero-order valence-electron chi connectivity index (χ0n) is 22.3. The fraction of sp³-hybridized carbons (Fsp3) is 0.615. The van der Waals surface area contributed by atoms with Gasteiger partial charge in [0.15, 0.2) is 0 Å². The number of hydrogen-bond acceptors (Lipinski definition) is 10. The van der Waals surface area contributed by atoms with Crippen molar-refractivity contribution in [3.05, 3.63) is 29.7 Å². The molecule has 0 bridgehead atoms. The van der Waals surface area contributed by atoms with Gasteiger partial charge in [-0.25, -0.2) is 19.7 Å². The highest BCUT2D eigenvalue weighted by Gasteiger charge is 2.50. The third-order valence-electron chi connectivity index (χ3n) is 7.32. The van der Waals surface area contributed by atoms with Crippen LogP contribution >= 0.6 is 23.4 Å². The Morgan fingerprint density at radius 1 is 1.24 bits per heavy atom. The average Bonchev–Trinajstić information content (AvgIpc) is 3.13. The summed E-state index contributed by atoms with van der Waals surface area (Å²) >= 11 is 8.09. The summed E-state index contributed by atoms with van der Waals surface area (Å²) in [4.78, 5) is 29.4. The van der Waals surface area contributed by atoms with E-state index in [2.05, 4.69) is 30.8 Å². The van der Waals surface area contributed by atoms with Crippen LogP contribution in [0, 0.1) is 5.41 Å². The normalized spacial score (nSPS) is 23.2. The van der Waals surface area contributed by atoms with Crippen molar-refractivity contribution < 1.29 is 14.3 Å². The molecule has 0 unspecified atom stereocenters. The molecule has 12 heteroatoms. The number of carbonyl (C=O) groups is 1. The van der Waals surface area contributed by atoms with Crippen LogP contribution in [0.25, 0.3) is 0 Å². The van der Waals surface area contributed by atoms with Crippen LogP contribution in [0.4, 0.5) is 16.4 Å².